The van der Waals surface area contributed by atoms with Gasteiger partial charge in [-0.05, 0) is 17.6 Å². The van der Waals surface area contributed by atoms with Crippen LogP contribution in [0.1, 0.15) is 20.8 Å². The van der Waals surface area contributed by atoms with Gasteiger partial charge in [0.1, 0.15) is 5.69 Å². The lowest BCUT2D eigenvalue weighted by molar-refractivity contribution is 0.0975. The van der Waals surface area contributed by atoms with E-state index in [1.54, 1.807) is 19.0 Å². The second-order valence-corrected chi connectivity index (χ2v) is 3.30. The maximum absolute atomic E-state index is 11.9. The number of nitrogens with zero attached hydrogens (tertiary/aromatic N) is 1. The predicted octanol–water partition coefficient (Wildman–Crippen LogP) is 0.116. The normalized spacial score (nSPS) is 15.3. The number of carbonyl (C=O) groups excluding carboxylic acids is 2. The Hall–Kier alpha value is -1.91. The van der Waals surface area contributed by atoms with Crippen LogP contribution in [0.2, 0.25) is 6.82 Å². The number of Topliss-reactive ketones (excluding diaryl/α,β-unsaturated/α-hetero) is 2. The summed E-state index contributed by atoms with van der Waals surface area (Å²) in [5.41, 5.74) is 6.56. The van der Waals surface area contributed by atoms with Crippen molar-refractivity contribution in [3.63, 3.8) is 0 Å². The summed E-state index contributed by atoms with van der Waals surface area (Å²) in [4.78, 5) is 27.5. The first kappa shape index (κ1) is 9.64. The number of hydrogen-bond donors (Lipinski definition) is 1. The average molecular weight is 200 g/mol. The van der Waals surface area contributed by atoms with E-state index in [0.29, 0.717) is 18.3 Å². The van der Waals surface area contributed by atoms with Gasteiger partial charge >= 0.3 is 0 Å². The van der Waals surface area contributed by atoms with E-state index >= 15 is 0 Å². The molecular weight excluding hydrogens is 191 g/mol. The summed E-state index contributed by atoms with van der Waals surface area (Å²) < 4.78 is 0. The van der Waals surface area contributed by atoms with Crippen LogP contribution in [0.25, 0.3) is 0 Å². The number of pyridine rings is 1. The molecule has 0 saturated carbocycles. The van der Waals surface area contributed by atoms with Crippen molar-refractivity contribution in [3.05, 3.63) is 40.8 Å². The van der Waals surface area contributed by atoms with Crippen molar-refractivity contribution in [2.45, 2.75) is 6.82 Å². The number of nitrogens with two attached hydrogens (primary N) is 1. The van der Waals surface area contributed by atoms with Crippen LogP contribution >= 0.6 is 0 Å². The molecule has 74 valence electrons. The maximum atomic E-state index is 11.9. The van der Waals surface area contributed by atoms with Crippen molar-refractivity contribution in [2.24, 2.45) is 5.73 Å². The van der Waals surface area contributed by atoms with E-state index in [0.717, 1.165) is 0 Å². The van der Waals surface area contributed by atoms with Crippen molar-refractivity contribution in [2.75, 3.05) is 0 Å². The zero-order valence-corrected chi connectivity index (χ0v) is 8.28. The molecule has 0 atom stereocenters. The fraction of sp³-hybridized carbons (Fsp3) is 0.100. The van der Waals surface area contributed by atoms with Crippen molar-refractivity contribution in [3.8, 4) is 0 Å². The molecule has 2 rings (SSSR count). The third kappa shape index (κ3) is 1.27. The molecule has 5 heteroatoms. The van der Waals surface area contributed by atoms with Gasteiger partial charge in [-0.2, -0.15) is 0 Å². The molecule has 0 fully saturated rings. The maximum Gasteiger partial charge on any atom is 0.210 e. The van der Waals surface area contributed by atoms with Gasteiger partial charge in [0.05, 0.1) is 11.3 Å². The summed E-state index contributed by atoms with van der Waals surface area (Å²) in [6.45, 7) is 1.79. The van der Waals surface area contributed by atoms with Crippen LogP contribution in [-0.2, 0) is 0 Å². The number of aromatic nitrogens is 1. The Kier molecular flexibility index (Phi) is 2.15. The van der Waals surface area contributed by atoms with Crippen LogP contribution in [-0.4, -0.2) is 23.8 Å². The van der Waals surface area contributed by atoms with Gasteiger partial charge in [-0.25, -0.2) is 0 Å². The molecule has 0 unspecified atom stereocenters. The predicted molar refractivity (Wildman–Crippen MR) is 57.1 cm³/mol. The first-order valence-corrected chi connectivity index (χ1v) is 4.69. The molecule has 2 N–H and O–H groups in total. The van der Waals surface area contributed by atoms with E-state index in [9.17, 15) is 9.59 Å². The third-order valence-electron chi connectivity index (χ3n) is 2.46. The molecule has 0 aliphatic heterocycles. The van der Waals surface area contributed by atoms with Crippen molar-refractivity contribution in [1.29, 1.82) is 0 Å². The molecule has 0 spiro atoms. The number of fused-ring (bicyclic) bond motifs is 1. The van der Waals surface area contributed by atoms with E-state index in [4.69, 9.17) is 5.73 Å². The molecule has 4 nitrogen and oxygen atoms in total. The highest BCUT2D eigenvalue weighted by Gasteiger charge is 2.30. The van der Waals surface area contributed by atoms with Gasteiger partial charge < -0.3 is 5.73 Å². The molecule has 1 heterocycles. The minimum atomic E-state index is -0.297. The van der Waals surface area contributed by atoms with Crippen molar-refractivity contribution < 1.29 is 9.59 Å². The Bertz CT molecular complexity index is 494. The van der Waals surface area contributed by atoms with Crippen LogP contribution in [0, 0.1) is 0 Å². The topological polar surface area (TPSA) is 73.1 Å². The molecule has 0 aromatic carbocycles. The molecule has 1 aliphatic carbocycles. The number of hydrogen-bond acceptors (Lipinski definition) is 4. The fourth-order valence-corrected chi connectivity index (χ4v) is 1.67. The van der Waals surface area contributed by atoms with Crippen LogP contribution < -0.4 is 5.73 Å². The van der Waals surface area contributed by atoms with Gasteiger partial charge in [-0.1, -0.05) is 6.82 Å². The van der Waals surface area contributed by atoms with Gasteiger partial charge in [0.15, 0.2) is 7.28 Å². The molecule has 15 heavy (non-hydrogen) atoms. The van der Waals surface area contributed by atoms with Gasteiger partial charge in [0.25, 0.3) is 0 Å². The summed E-state index contributed by atoms with van der Waals surface area (Å²) >= 11 is 0. The second kappa shape index (κ2) is 3.35. The molecule has 1 aromatic heterocycles. The minimum absolute atomic E-state index is 0.0583. The highest BCUT2D eigenvalue weighted by Crippen LogP contribution is 2.21. The highest BCUT2D eigenvalue weighted by atomic mass is 16.1. The summed E-state index contributed by atoms with van der Waals surface area (Å²) in [7, 11) is 0.451. The second-order valence-electron chi connectivity index (χ2n) is 3.30. The largest absolute Gasteiger partial charge is 0.396 e. The van der Waals surface area contributed by atoms with Crippen molar-refractivity contribution >= 4 is 18.8 Å². The zero-order valence-electron chi connectivity index (χ0n) is 8.28. The minimum Gasteiger partial charge on any atom is -0.396 e. The highest BCUT2D eigenvalue weighted by molar-refractivity contribution is 6.57. The van der Waals surface area contributed by atoms with E-state index in [2.05, 4.69) is 4.98 Å². The lowest BCUT2D eigenvalue weighted by Crippen LogP contribution is -2.29. The molecule has 1 aromatic rings. The summed E-state index contributed by atoms with van der Waals surface area (Å²) in [6.07, 6.45) is 1.50. The lowest BCUT2D eigenvalue weighted by atomic mass is 9.66. The summed E-state index contributed by atoms with van der Waals surface area (Å²) in [6, 6.07) is 3.19. The van der Waals surface area contributed by atoms with Crippen LogP contribution in [0.4, 0.5) is 0 Å². The fourth-order valence-electron chi connectivity index (χ4n) is 1.67. The molecule has 0 amide bonds. The Labute approximate surface area is 87.4 Å². The van der Waals surface area contributed by atoms with E-state index in [-0.39, 0.29) is 23.0 Å². The van der Waals surface area contributed by atoms with E-state index < -0.39 is 0 Å². The molecule has 0 radical (unpaired) electrons. The Balaban J connectivity index is 2.68. The Morgan fingerprint density at radius 3 is 2.73 bits per heavy atom. The van der Waals surface area contributed by atoms with E-state index in [1.807, 2.05) is 0 Å². The van der Waals surface area contributed by atoms with Gasteiger partial charge in [-0.3, -0.25) is 14.6 Å². The van der Waals surface area contributed by atoms with Crippen LogP contribution in [0.15, 0.2) is 29.5 Å². The number of rotatable bonds is 1. The van der Waals surface area contributed by atoms with E-state index in [1.165, 1.54) is 6.20 Å². The smallest absolute Gasteiger partial charge is 0.210 e. The first-order chi connectivity index (χ1) is 7.16. The number of allylic oxidation sites excluding steroid dienone is 2. The molecule has 0 saturated heterocycles. The Morgan fingerprint density at radius 2 is 2.07 bits per heavy atom. The average Bonchev–Trinajstić information content (AvgIpc) is 2.27. The first-order valence-electron chi connectivity index (χ1n) is 4.69. The quantitative estimate of drug-likeness (QED) is 0.653. The molecule has 1 aliphatic rings. The van der Waals surface area contributed by atoms with Crippen LogP contribution in [0.3, 0.4) is 0 Å². The summed E-state index contributed by atoms with van der Waals surface area (Å²) in [5, 5.41) is 0. The third-order valence-corrected chi connectivity index (χ3v) is 2.46. The van der Waals surface area contributed by atoms with Gasteiger partial charge in [-0.15, -0.1) is 0 Å². The van der Waals surface area contributed by atoms with Gasteiger partial charge in [0, 0.05) is 6.20 Å². The molecule has 0 bridgehead atoms. The zero-order chi connectivity index (χ0) is 11.0. The molecular formula is C10H9BN2O2. The monoisotopic (exact) mass is 200 g/mol. The van der Waals surface area contributed by atoms with Crippen LogP contribution in [0.5, 0.6) is 0 Å². The summed E-state index contributed by atoms with van der Waals surface area (Å²) in [5.74, 6) is -0.528. The lowest BCUT2D eigenvalue weighted by Gasteiger charge is -2.16. The van der Waals surface area contributed by atoms with Crippen molar-refractivity contribution in [1.82, 2.24) is 4.98 Å². The standard InChI is InChI=1S/C10H9BN2O2/c1-11-6-7(12)9(14)5-3-2-4-13-8(5)10(6)15/h2-4,11H,12H2,1H3. The SMILES string of the molecule is CBC1=C(N)C(=O)c2cccnc2C1=O. The number of carbonyl (C=O) groups is 2. The van der Waals surface area contributed by atoms with Gasteiger partial charge in [0.2, 0.25) is 11.6 Å². The number of ketones is 2. The Morgan fingerprint density at radius 1 is 1.33 bits per heavy atom.